The lowest BCUT2D eigenvalue weighted by atomic mass is 10.0. The van der Waals surface area contributed by atoms with Crippen molar-refractivity contribution >= 4 is 5.78 Å². The first-order chi connectivity index (χ1) is 7.39. The van der Waals surface area contributed by atoms with Crippen LogP contribution in [0.2, 0.25) is 0 Å². The molecule has 0 spiro atoms. The number of hydrogen-bond acceptors (Lipinski definition) is 1. The SMILES string of the molecule is CC1CC1C(=O)c1ccc(C(F)(F)F)cc1. The molecule has 0 N–H and O–H groups in total. The zero-order valence-corrected chi connectivity index (χ0v) is 8.71. The molecular weight excluding hydrogens is 217 g/mol. The van der Waals surface area contributed by atoms with Crippen LogP contribution in [-0.2, 0) is 6.18 Å². The highest BCUT2D eigenvalue weighted by Crippen LogP contribution is 2.40. The maximum atomic E-state index is 12.3. The number of halogens is 3. The number of carbonyl (C=O) groups excluding carboxylic acids is 1. The fourth-order valence-corrected chi connectivity index (χ4v) is 1.72. The van der Waals surface area contributed by atoms with Crippen molar-refractivity contribution in [3.8, 4) is 0 Å². The van der Waals surface area contributed by atoms with Crippen molar-refractivity contribution in [3.05, 3.63) is 35.4 Å². The summed E-state index contributed by atoms with van der Waals surface area (Å²) in [6.45, 7) is 1.96. The van der Waals surface area contributed by atoms with Crippen molar-refractivity contribution in [1.29, 1.82) is 0 Å². The Hall–Kier alpha value is -1.32. The van der Waals surface area contributed by atoms with Gasteiger partial charge in [0.15, 0.2) is 5.78 Å². The Morgan fingerprint density at radius 1 is 1.25 bits per heavy atom. The highest BCUT2D eigenvalue weighted by Gasteiger charge is 2.39. The minimum Gasteiger partial charge on any atom is -0.294 e. The molecule has 0 aromatic heterocycles. The second kappa shape index (κ2) is 3.61. The lowest BCUT2D eigenvalue weighted by Crippen LogP contribution is -2.07. The second-order valence-electron chi connectivity index (χ2n) is 4.26. The van der Waals surface area contributed by atoms with Gasteiger partial charge >= 0.3 is 6.18 Å². The minimum atomic E-state index is -4.34. The van der Waals surface area contributed by atoms with Gasteiger partial charge in [-0.05, 0) is 24.5 Å². The first-order valence-corrected chi connectivity index (χ1v) is 5.11. The number of carbonyl (C=O) groups is 1. The van der Waals surface area contributed by atoms with Crippen molar-refractivity contribution in [2.24, 2.45) is 11.8 Å². The van der Waals surface area contributed by atoms with Crippen molar-refractivity contribution in [3.63, 3.8) is 0 Å². The Morgan fingerprint density at radius 2 is 1.75 bits per heavy atom. The van der Waals surface area contributed by atoms with Gasteiger partial charge in [-0.2, -0.15) is 13.2 Å². The van der Waals surface area contributed by atoms with Crippen molar-refractivity contribution in [2.75, 3.05) is 0 Å². The van der Waals surface area contributed by atoms with Gasteiger partial charge in [-0.25, -0.2) is 0 Å². The number of rotatable bonds is 2. The fourth-order valence-electron chi connectivity index (χ4n) is 1.72. The summed E-state index contributed by atoms with van der Waals surface area (Å²) in [7, 11) is 0. The standard InChI is InChI=1S/C12H11F3O/c1-7-6-10(7)11(16)8-2-4-9(5-3-8)12(13,14)15/h2-5,7,10H,6H2,1H3. The third-order valence-corrected chi connectivity index (χ3v) is 2.94. The summed E-state index contributed by atoms with van der Waals surface area (Å²) >= 11 is 0. The van der Waals surface area contributed by atoms with Gasteiger partial charge in [0.2, 0.25) is 0 Å². The Labute approximate surface area is 91.3 Å². The van der Waals surface area contributed by atoms with Crippen LogP contribution in [0.15, 0.2) is 24.3 Å². The molecule has 0 bridgehead atoms. The van der Waals surface area contributed by atoms with Crippen molar-refractivity contribution in [1.82, 2.24) is 0 Å². The third-order valence-electron chi connectivity index (χ3n) is 2.94. The van der Waals surface area contributed by atoms with Crippen LogP contribution in [0.25, 0.3) is 0 Å². The molecule has 0 aliphatic heterocycles. The average Bonchev–Trinajstić information content (AvgIpc) is 2.93. The van der Waals surface area contributed by atoms with Crippen molar-refractivity contribution < 1.29 is 18.0 Å². The Bertz CT molecular complexity index is 405. The smallest absolute Gasteiger partial charge is 0.294 e. The van der Waals surface area contributed by atoms with Crippen LogP contribution in [0.1, 0.15) is 29.3 Å². The second-order valence-corrected chi connectivity index (χ2v) is 4.26. The molecule has 2 rings (SSSR count). The maximum absolute atomic E-state index is 12.3. The number of benzene rings is 1. The summed E-state index contributed by atoms with van der Waals surface area (Å²) in [6.07, 6.45) is -3.49. The van der Waals surface area contributed by atoms with Gasteiger partial charge in [0.05, 0.1) is 5.56 Å². The molecule has 1 fully saturated rings. The summed E-state index contributed by atoms with van der Waals surface area (Å²) in [5.74, 6) is 0.341. The molecule has 2 atom stereocenters. The average molecular weight is 228 g/mol. The van der Waals surface area contributed by atoms with Gasteiger partial charge in [-0.15, -0.1) is 0 Å². The monoisotopic (exact) mass is 228 g/mol. The number of ketones is 1. The van der Waals surface area contributed by atoms with E-state index in [0.717, 1.165) is 18.6 Å². The van der Waals surface area contributed by atoms with E-state index in [0.29, 0.717) is 11.5 Å². The van der Waals surface area contributed by atoms with Crippen LogP contribution in [0.3, 0.4) is 0 Å². The molecule has 1 aliphatic rings. The van der Waals surface area contributed by atoms with Gasteiger partial charge in [0.25, 0.3) is 0 Å². The topological polar surface area (TPSA) is 17.1 Å². The molecule has 0 radical (unpaired) electrons. The van der Waals surface area contributed by atoms with Gasteiger partial charge < -0.3 is 0 Å². The molecule has 0 amide bonds. The fraction of sp³-hybridized carbons (Fsp3) is 0.417. The molecule has 86 valence electrons. The largest absolute Gasteiger partial charge is 0.416 e. The lowest BCUT2D eigenvalue weighted by Gasteiger charge is -2.06. The van der Waals surface area contributed by atoms with Crippen LogP contribution < -0.4 is 0 Å². The van der Waals surface area contributed by atoms with Crippen LogP contribution in [0.4, 0.5) is 13.2 Å². The molecule has 16 heavy (non-hydrogen) atoms. The normalized spacial score (nSPS) is 24.2. The van der Waals surface area contributed by atoms with E-state index in [9.17, 15) is 18.0 Å². The summed E-state index contributed by atoms with van der Waals surface area (Å²) in [5.41, 5.74) is -0.338. The van der Waals surface area contributed by atoms with E-state index in [1.54, 1.807) is 0 Å². The Balaban J connectivity index is 2.16. The predicted octanol–water partition coefficient (Wildman–Crippen LogP) is 3.54. The third kappa shape index (κ3) is 2.10. The van der Waals surface area contributed by atoms with Crippen molar-refractivity contribution in [2.45, 2.75) is 19.5 Å². The molecule has 1 nitrogen and oxygen atoms in total. The lowest BCUT2D eigenvalue weighted by molar-refractivity contribution is -0.137. The van der Waals surface area contributed by atoms with E-state index in [4.69, 9.17) is 0 Å². The molecule has 0 heterocycles. The zero-order chi connectivity index (χ0) is 11.9. The number of hydrogen-bond donors (Lipinski definition) is 0. The summed E-state index contributed by atoms with van der Waals surface area (Å²) in [4.78, 5) is 11.7. The van der Waals surface area contributed by atoms with Gasteiger partial charge in [-0.1, -0.05) is 19.1 Å². The Kier molecular flexibility index (Phi) is 2.52. The van der Waals surface area contributed by atoms with Crippen LogP contribution in [-0.4, -0.2) is 5.78 Å². The van der Waals surface area contributed by atoms with Gasteiger partial charge in [0, 0.05) is 11.5 Å². The van der Waals surface area contributed by atoms with Crippen LogP contribution >= 0.6 is 0 Å². The molecule has 1 aliphatic carbocycles. The molecule has 1 aromatic carbocycles. The van der Waals surface area contributed by atoms with E-state index in [1.807, 2.05) is 6.92 Å². The van der Waals surface area contributed by atoms with Gasteiger partial charge in [-0.3, -0.25) is 4.79 Å². The van der Waals surface area contributed by atoms with E-state index in [1.165, 1.54) is 12.1 Å². The van der Waals surface area contributed by atoms with Crippen LogP contribution in [0, 0.1) is 11.8 Å². The minimum absolute atomic E-state index is 0.0109. The first-order valence-electron chi connectivity index (χ1n) is 5.11. The number of Topliss-reactive ketones (excluding diaryl/α,β-unsaturated/α-hetero) is 1. The van der Waals surface area contributed by atoms with E-state index in [-0.39, 0.29) is 11.7 Å². The van der Waals surface area contributed by atoms with Gasteiger partial charge in [0.1, 0.15) is 0 Å². The molecule has 0 saturated heterocycles. The zero-order valence-electron chi connectivity index (χ0n) is 8.71. The maximum Gasteiger partial charge on any atom is 0.416 e. The quantitative estimate of drug-likeness (QED) is 0.707. The highest BCUT2D eigenvalue weighted by atomic mass is 19.4. The Morgan fingerprint density at radius 3 is 2.12 bits per heavy atom. The molecule has 1 aromatic rings. The molecular formula is C12H11F3O. The molecule has 1 saturated carbocycles. The number of alkyl halides is 3. The summed E-state index contributed by atoms with van der Waals surface area (Å²) < 4.78 is 36.8. The molecule has 2 unspecified atom stereocenters. The highest BCUT2D eigenvalue weighted by molar-refractivity contribution is 5.99. The van der Waals surface area contributed by atoms with E-state index >= 15 is 0 Å². The summed E-state index contributed by atoms with van der Waals surface area (Å²) in [6, 6.07) is 4.44. The van der Waals surface area contributed by atoms with E-state index < -0.39 is 11.7 Å². The predicted molar refractivity (Wildman–Crippen MR) is 53.0 cm³/mol. The summed E-state index contributed by atoms with van der Waals surface area (Å²) in [5, 5.41) is 0. The van der Waals surface area contributed by atoms with E-state index in [2.05, 4.69) is 0 Å². The molecule has 4 heteroatoms. The first kappa shape index (κ1) is 11.2. The van der Waals surface area contributed by atoms with Crippen LogP contribution in [0.5, 0.6) is 0 Å².